The van der Waals surface area contributed by atoms with E-state index >= 15 is 0 Å². The molecule has 0 aromatic heterocycles. The van der Waals surface area contributed by atoms with E-state index in [-0.39, 0.29) is 24.8 Å². The van der Waals surface area contributed by atoms with Crippen molar-refractivity contribution in [1.82, 2.24) is 0 Å². The van der Waals surface area contributed by atoms with E-state index in [2.05, 4.69) is 0 Å². The van der Waals surface area contributed by atoms with Crippen LogP contribution in [0.15, 0.2) is 48.5 Å². The number of hydrogen-bond donors (Lipinski definition) is 0. The lowest BCUT2D eigenvalue weighted by Gasteiger charge is -2.23. The summed E-state index contributed by atoms with van der Waals surface area (Å²) >= 11 is 12.0. The number of carbonyl (C=O) groups excluding carboxylic acids is 2. The van der Waals surface area contributed by atoms with Crippen molar-refractivity contribution in [3.05, 3.63) is 64.1 Å². The Hall–Kier alpha value is -2.04. The third-order valence-electron chi connectivity index (χ3n) is 3.33. The van der Waals surface area contributed by atoms with Gasteiger partial charge in [-0.25, -0.2) is 0 Å². The molecule has 2 aromatic rings. The average Bonchev–Trinajstić information content (AvgIpc) is 2.59. The van der Waals surface area contributed by atoms with Crippen LogP contribution in [0.1, 0.15) is 23.7 Å². The van der Waals surface area contributed by atoms with Crippen LogP contribution in [-0.4, -0.2) is 25.0 Å². The van der Waals surface area contributed by atoms with Crippen LogP contribution in [-0.2, 0) is 9.53 Å². The van der Waals surface area contributed by atoms with Gasteiger partial charge in [0.2, 0.25) is 0 Å². The predicted molar refractivity (Wildman–Crippen MR) is 95.8 cm³/mol. The number of ether oxygens (including phenoxy) is 1. The fourth-order valence-electron chi connectivity index (χ4n) is 2.17. The second-order valence-electron chi connectivity index (χ2n) is 4.98. The molecule has 2 aromatic carbocycles. The van der Waals surface area contributed by atoms with Gasteiger partial charge in [-0.1, -0.05) is 41.4 Å². The molecule has 0 saturated carbocycles. The largest absolute Gasteiger partial charge is 0.466 e. The number of rotatable bonds is 6. The molecule has 0 heterocycles. The summed E-state index contributed by atoms with van der Waals surface area (Å²) in [5.74, 6) is -0.582. The van der Waals surface area contributed by atoms with Crippen LogP contribution in [0.5, 0.6) is 0 Å². The van der Waals surface area contributed by atoms with Gasteiger partial charge in [-0.3, -0.25) is 9.59 Å². The van der Waals surface area contributed by atoms with Gasteiger partial charge >= 0.3 is 5.97 Å². The number of esters is 1. The second-order valence-corrected chi connectivity index (χ2v) is 5.79. The van der Waals surface area contributed by atoms with Crippen LogP contribution in [0, 0.1) is 0 Å². The number of nitrogens with zero attached hydrogens (tertiary/aromatic N) is 1. The zero-order valence-corrected chi connectivity index (χ0v) is 14.7. The van der Waals surface area contributed by atoms with Crippen molar-refractivity contribution in [3.8, 4) is 0 Å². The first-order valence-corrected chi connectivity index (χ1v) is 8.26. The summed E-state index contributed by atoms with van der Waals surface area (Å²) in [6, 6.07) is 13.8. The van der Waals surface area contributed by atoms with Crippen LogP contribution in [0.25, 0.3) is 0 Å². The van der Waals surface area contributed by atoms with Crippen LogP contribution in [0.2, 0.25) is 10.0 Å². The maximum Gasteiger partial charge on any atom is 0.307 e. The molecule has 0 aliphatic carbocycles. The molecular weight excluding hydrogens is 349 g/mol. The lowest BCUT2D eigenvalue weighted by atomic mass is 10.1. The standard InChI is InChI=1S/C18H17Cl2NO3/c1-2-24-17(22)10-11-21(14-8-9-15(19)16(20)12-14)18(23)13-6-4-3-5-7-13/h3-9,12H,2,10-11H2,1H3. The third kappa shape index (κ3) is 4.73. The van der Waals surface area contributed by atoms with E-state index in [9.17, 15) is 9.59 Å². The highest BCUT2D eigenvalue weighted by Crippen LogP contribution is 2.28. The lowest BCUT2D eigenvalue weighted by molar-refractivity contribution is -0.142. The first-order chi connectivity index (χ1) is 11.5. The SMILES string of the molecule is CCOC(=O)CCN(C(=O)c1ccccc1)c1ccc(Cl)c(Cl)c1. The van der Waals surface area contributed by atoms with E-state index in [4.69, 9.17) is 27.9 Å². The minimum atomic E-state index is -0.358. The molecule has 24 heavy (non-hydrogen) atoms. The van der Waals surface area contributed by atoms with E-state index in [1.807, 2.05) is 6.07 Å². The summed E-state index contributed by atoms with van der Waals surface area (Å²) < 4.78 is 4.93. The summed E-state index contributed by atoms with van der Waals surface area (Å²) in [5.41, 5.74) is 1.09. The van der Waals surface area contributed by atoms with Gasteiger partial charge in [0.1, 0.15) is 0 Å². The molecule has 4 nitrogen and oxygen atoms in total. The molecule has 0 aliphatic rings. The first-order valence-electron chi connectivity index (χ1n) is 7.50. The molecule has 0 bridgehead atoms. The average molecular weight is 366 g/mol. The van der Waals surface area contributed by atoms with Crippen molar-refractivity contribution in [3.63, 3.8) is 0 Å². The van der Waals surface area contributed by atoms with Crippen molar-refractivity contribution >= 4 is 40.8 Å². The summed E-state index contributed by atoms with van der Waals surface area (Å²) in [7, 11) is 0. The Balaban J connectivity index is 2.28. The van der Waals surface area contributed by atoms with Gasteiger partial charge in [0.15, 0.2) is 0 Å². The van der Waals surface area contributed by atoms with E-state index in [0.29, 0.717) is 27.9 Å². The van der Waals surface area contributed by atoms with Crippen molar-refractivity contribution in [1.29, 1.82) is 0 Å². The van der Waals surface area contributed by atoms with Crippen molar-refractivity contribution < 1.29 is 14.3 Å². The Labute approximate surface area is 150 Å². The quantitative estimate of drug-likeness (QED) is 0.703. The molecular formula is C18H17Cl2NO3. The predicted octanol–water partition coefficient (Wildman–Crippen LogP) is 4.59. The molecule has 0 radical (unpaired) electrons. The Morgan fingerprint density at radius 3 is 2.38 bits per heavy atom. The molecule has 0 saturated heterocycles. The zero-order chi connectivity index (χ0) is 17.5. The minimum Gasteiger partial charge on any atom is -0.466 e. The molecule has 0 N–H and O–H groups in total. The smallest absolute Gasteiger partial charge is 0.307 e. The highest BCUT2D eigenvalue weighted by molar-refractivity contribution is 6.42. The molecule has 0 unspecified atom stereocenters. The van der Waals surface area contributed by atoms with Gasteiger partial charge in [0.25, 0.3) is 5.91 Å². The molecule has 0 aliphatic heterocycles. The van der Waals surface area contributed by atoms with E-state index in [0.717, 1.165) is 0 Å². The minimum absolute atomic E-state index is 0.0899. The first kappa shape index (κ1) is 18.3. The van der Waals surface area contributed by atoms with Crippen molar-refractivity contribution in [2.75, 3.05) is 18.1 Å². The van der Waals surface area contributed by atoms with Gasteiger partial charge in [-0.15, -0.1) is 0 Å². The summed E-state index contributed by atoms with van der Waals surface area (Å²) in [6.07, 6.45) is 0.0899. The highest BCUT2D eigenvalue weighted by Gasteiger charge is 2.19. The fourth-order valence-corrected chi connectivity index (χ4v) is 2.47. The summed E-state index contributed by atoms with van der Waals surface area (Å²) in [6.45, 7) is 2.23. The zero-order valence-electron chi connectivity index (χ0n) is 13.2. The van der Waals surface area contributed by atoms with Gasteiger partial charge < -0.3 is 9.64 Å². The van der Waals surface area contributed by atoms with Gasteiger partial charge in [0, 0.05) is 17.8 Å². The molecule has 0 spiro atoms. The van der Waals surface area contributed by atoms with Crippen molar-refractivity contribution in [2.45, 2.75) is 13.3 Å². The normalized spacial score (nSPS) is 10.3. The van der Waals surface area contributed by atoms with E-state index in [1.54, 1.807) is 49.4 Å². The second kappa shape index (κ2) is 8.71. The number of anilines is 1. The Morgan fingerprint density at radius 2 is 1.75 bits per heavy atom. The van der Waals surface area contributed by atoms with E-state index < -0.39 is 0 Å². The Kier molecular flexibility index (Phi) is 6.64. The molecule has 2 rings (SSSR count). The number of benzene rings is 2. The maximum atomic E-state index is 12.8. The number of amides is 1. The summed E-state index contributed by atoms with van der Waals surface area (Å²) in [5, 5.41) is 0.745. The topological polar surface area (TPSA) is 46.6 Å². The molecule has 6 heteroatoms. The summed E-state index contributed by atoms with van der Waals surface area (Å²) in [4.78, 5) is 26.0. The monoisotopic (exact) mass is 365 g/mol. The van der Waals surface area contributed by atoms with Crippen LogP contribution in [0.3, 0.4) is 0 Å². The number of hydrogen-bond acceptors (Lipinski definition) is 3. The van der Waals surface area contributed by atoms with Crippen LogP contribution >= 0.6 is 23.2 Å². The third-order valence-corrected chi connectivity index (χ3v) is 4.06. The molecule has 0 fully saturated rings. The van der Waals surface area contributed by atoms with Crippen LogP contribution < -0.4 is 4.90 Å². The highest BCUT2D eigenvalue weighted by atomic mass is 35.5. The fraction of sp³-hybridized carbons (Fsp3) is 0.222. The van der Waals surface area contributed by atoms with Gasteiger partial charge in [-0.2, -0.15) is 0 Å². The van der Waals surface area contributed by atoms with E-state index in [1.165, 1.54) is 4.90 Å². The Morgan fingerprint density at radius 1 is 1.04 bits per heavy atom. The van der Waals surface area contributed by atoms with Gasteiger partial charge in [0.05, 0.1) is 23.1 Å². The lowest BCUT2D eigenvalue weighted by Crippen LogP contribution is -2.33. The Bertz CT molecular complexity index is 719. The van der Waals surface area contributed by atoms with Gasteiger partial charge in [-0.05, 0) is 37.3 Å². The van der Waals surface area contributed by atoms with Crippen molar-refractivity contribution in [2.24, 2.45) is 0 Å². The number of halogens is 2. The molecule has 126 valence electrons. The molecule has 0 atom stereocenters. The molecule has 1 amide bonds. The number of carbonyl (C=O) groups is 2. The van der Waals surface area contributed by atoms with Crippen LogP contribution in [0.4, 0.5) is 5.69 Å². The maximum absolute atomic E-state index is 12.8.